The van der Waals surface area contributed by atoms with Crippen molar-refractivity contribution in [2.45, 2.75) is 105 Å². The fraction of sp³-hybridized carbons (Fsp3) is 1.00. The van der Waals surface area contributed by atoms with Crippen LogP contribution in [-0.4, -0.2) is 65.0 Å². The van der Waals surface area contributed by atoms with Gasteiger partial charge in [0.1, 0.15) is 0 Å². The average Bonchev–Trinajstić information content (AvgIpc) is 2.79. The first-order valence-corrected chi connectivity index (χ1v) is 14.6. The zero-order valence-corrected chi connectivity index (χ0v) is 23.2. The van der Waals surface area contributed by atoms with Crippen LogP contribution < -0.4 is 0 Å². The number of aliphatic hydroxyl groups is 4. The molecule has 0 unspecified atom stereocenters. The summed E-state index contributed by atoms with van der Waals surface area (Å²) in [5.41, 5.74) is -1.11. The molecule has 0 aliphatic rings. The smallest absolute Gasteiger partial charge is 0.396 e. The maximum atomic E-state index is 11.7. The number of unbranched alkanes of at least 4 members (excludes halogenated alkanes) is 8. The first-order valence-electron chi connectivity index (χ1n) is 13.1. The van der Waals surface area contributed by atoms with E-state index in [-0.39, 0.29) is 0 Å². The van der Waals surface area contributed by atoms with Crippen LogP contribution in [0, 0.1) is 17.3 Å². The van der Waals surface area contributed by atoms with E-state index in [1.54, 1.807) is 0 Å². The highest BCUT2D eigenvalue weighted by atomic mass is 31.2. The highest BCUT2D eigenvalue weighted by molar-refractivity contribution is 7.47. The van der Waals surface area contributed by atoms with Gasteiger partial charge in [0.2, 0.25) is 0 Å². The van der Waals surface area contributed by atoms with Gasteiger partial charge >= 0.3 is 7.82 Å². The zero-order chi connectivity index (χ0) is 26.3. The molecule has 0 atom stereocenters. The Morgan fingerprint density at radius 1 is 0.588 bits per heavy atom. The first-order chi connectivity index (χ1) is 16.1. The molecule has 0 rings (SSSR count). The van der Waals surface area contributed by atoms with E-state index in [2.05, 4.69) is 27.7 Å². The molecule has 208 valence electrons. The molecule has 0 aromatic rings. The fourth-order valence-corrected chi connectivity index (χ4v) is 3.86. The second kappa shape index (κ2) is 23.4. The van der Waals surface area contributed by atoms with Gasteiger partial charge in [0.25, 0.3) is 0 Å². The Balaban J connectivity index is 0. The Kier molecular flexibility index (Phi) is 24.8. The lowest BCUT2D eigenvalue weighted by Crippen LogP contribution is -2.37. The molecule has 0 fully saturated rings. The van der Waals surface area contributed by atoms with E-state index < -0.39 is 39.7 Å². The Morgan fingerprint density at radius 2 is 0.882 bits per heavy atom. The molecule has 5 N–H and O–H groups in total. The Hall–Kier alpha value is -0.0500. The summed E-state index contributed by atoms with van der Waals surface area (Å²) in [4.78, 5) is 9.63. The summed E-state index contributed by atoms with van der Waals surface area (Å²) >= 11 is 0. The molecule has 0 aliphatic heterocycles. The van der Waals surface area contributed by atoms with Crippen LogP contribution in [0.1, 0.15) is 105 Å². The predicted octanol–water partition coefficient (Wildman–Crippen LogP) is 5.06. The van der Waals surface area contributed by atoms with E-state index in [0.29, 0.717) is 13.2 Å². The Morgan fingerprint density at radius 3 is 1.15 bits per heavy atom. The third kappa shape index (κ3) is 23.7. The molecule has 9 heteroatoms. The van der Waals surface area contributed by atoms with Crippen LogP contribution in [0.4, 0.5) is 0 Å². The number of rotatable bonds is 22. The first kappa shape index (κ1) is 36.1. The van der Waals surface area contributed by atoms with Crippen LogP contribution >= 0.6 is 7.82 Å². The van der Waals surface area contributed by atoms with Gasteiger partial charge in [-0.15, -0.1) is 0 Å². The number of hydrogen-bond donors (Lipinski definition) is 5. The van der Waals surface area contributed by atoms with E-state index in [4.69, 9.17) is 29.5 Å². The monoisotopic (exact) mass is 514 g/mol. The molecule has 34 heavy (non-hydrogen) atoms. The maximum Gasteiger partial charge on any atom is 0.472 e. The normalized spacial score (nSPS) is 12.3. The van der Waals surface area contributed by atoms with Crippen LogP contribution in [0.5, 0.6) is 0 Å². The highest BCUT2D eigenvalue weighted by Gasteiger charge is 2.26. The van der Waals surface area contributed by atoms with Crippen molar-refractivity contribution in [1.82, 2.24) is 0 Å². The lowest BCUT2D eigenvalue weighted by Gasteiger charge is -2.23. The highest BCUT2D eigenvalue weighted by Crippen LogP contribution is 2.43. The SMILES string of the molecule is CC(C)CCCCCCCOP(=O)(O)OCCCCCCCC(C)C.OCC(CO)(CO)CO. The third-order valence-electron chi connectivity index (χ3n) is 5.70. The number of aliphatic hydroxyl groups excluding tert-OH is 4. The van der Waals surface area contributed by atoms with Gasteiger partial charge < -0.3 is 25.3 Å². The van der Waals surface area contributed by atoms with Crippen LogP contribution in [0.2, 0.25) is 0 Å². The Bertz CT molecular complexity index is 424. The largest absolute Gasteiger partial charge is 0.472 e. The molecule has 0 heterocycles. The van der Waals surface area contributed by atoms with Crippen molar-refractivity contribution in [2.24, 2.45) is 17.3 Å². The molecule has 0 aromatic carbocycles. The van der Waals surface area contributed by atoms with E-state index >= 15 is 0 Å². The van der Waals surface area contributed by atoms with Crippen molar-refractivity contribution >= 4 is 7.82 Å². The summed E-state index contributed by atoms with van der Waals surface area (Å²) in [5.74, 6) is 1.56. The number of phosphoric acid groups is 1. The summed E-state index contributed by atoms with van der Waals surface area (Å²) in [6.45, 7) is 8.00. The van der Waals surface area contributed by atoms with Gasteiger partial charge in [0, 0.05) is 0 Å². The quantitative estimate of drug-likeness (QED) is 0.0999. The molecule has 0 spiro atoms. The number of hydrogen-bond acceptors (Lipinski definition) is 7. The second-order valence-corrected chi connectivity index (χ2v) is 11.6. The van der Waals surface area contributed by atoms with Crippen LogP contribution in [0.25, 0.3) is 0 Å². The lowest BCUT2D eigenvalue weighted by atomic mass is 9.93. The second-order valence-electron chi connectivity index (χ2n) is 10.2. The van der Waals surface area contributed by atoms with Crippen molar-refractivity contribution in [2.75, 3.05) is 39.6 Å². The van der Waals surface area contributed by atoms with Crippen LogP contribution in [0.15, 0.2) is 0 Å². The van der Waals surface area contributed by atoms with E-state index in [1.807, 2.05) is 0 Å². The Labute approximate surface area is 208 Å². The minimum absolute atomic E-state index is 0.313. The van der Waals surface area contributed by atoms with Gasteiger partial charge in [-0.2, -0.15) is 0 Å². The standard InChI is InChI=1S/C20H43O4P.C5H12O4/c1-19(2)15-11-7-5-9-13-17-23-25(21,22)24-18-14-10-6-8-12-16-20(3)4;6-1-5(2-7,3-8)4-9/h19-20H,5-18H2,1-4H3,(H,21,22);6-9H,1-4H2. The van der Waals surface area contributed by atoms with Gasteiger partial charge in [-0.1, -0.05) is 91.9 Å². The summed E-state index contributed by atoms with van der Waals surface area (Å²) in [5, 5.41) is 34.0. The van der Waals surface area contributed by atoms with Gasteiger partial charge in [-0.05, 0) is 24.7 Å². The fourth-order valence-electron chi connectivity index (χ4n) is 3.07. The summed E-state index contributed by atoms with van der Waals surface area (Å²) < 4.78 is 21.8. The lowest BCUT2D eigenvalue weighted by molar-refractivity contribution is -0.0328. The molecule has 0 aromatic heterocycles. The summed E-state index contributed by atoms with van der Waals surface area (Å²) in [6, 6.07) is 0. The van der Waals surface area contributed by atoms with Crippen molar-refractivity contribution in [3.63, 3.8) is 0 Å². The van der Waals surface area contributed by atoms with Gasteiger partial charge in [0.15, 0.2) is 0 Å². The molecule has 0 amide bonds. The van der Waals surface area contributed by atoms with Gasteiger partial charge in [-0.3, -0.25) is 9.05 Å². The van der Waals surface area contributed by atoms with Crippen molar-refractivity contribution < 1.29 is 38.9 Å². The molecular weight excluding hydrogens is 459 g/mol. The third-order valence-corrected chi connectivity index (χ3v) is 6.72. The molecular formula is C25H55O8P. The summed E-state index contributed by atoms with van der Waals surface area (Å²) in [6.07, 6.45) is 13.7. The van der Waals surface area contributed by atoms with Crippen molar-refractivity contribution in [1.29, 1.82) is 0 Å². The molecule has 0 aliphatic carbocycles. The number of phosphoric ester groups is 1. The molecule has 0 radical (unpaired) electrons. The minimum Gasteiger partial charge on any atom is -0.396 e. The average molecular weight is 515 g/mol. The summed E-state index contributed by atoms with van der Waals surface area (Å²) in [7, 11) is -3.84. The van der Waals surface area contributed by atoms with Crippen molar-refractivity contribution in [3.8, 4) is 0 Å². The van der Waals surface area contributed by atoms with E-state index in [0.717, 1.165) is 37.5 Å². The molecule has 8 nitrogen and oxygen atoms in total. The van der Waals surface area contributed by atoms with Crippen LogP contribution in [0.3, 0.4) is 0 Å². The zero-order valence-electron chi connectivity index (χ0n) is 22.3. The van der Waals surface area contributed by atoms with E-state index in [1.165, 1.54) is 51.4 Å². The van der Waals surface area contributed by atoms with E-state index in [9.17, 15) is 9.46 Å². The maximum absolute atomic E-state index is 11.7. The minimum atomic E-state index is -3.84. The molecule has 0 bridgehead atoms. The topological polar surface area (TPSA) is 137 Å². The predicted molar refractivity (Wildman–Crippen MR) is 138 cm³/mol. The molecule has 0 saturated carbocycles. The van der Waals surface area contributed by atoms with Gasteiger partial charge in [0.05, 0.1) is 45.1 Å². The van der Waals surface area contributed by atoms with Crippen LogP contribution in [-0.2, 0) is 13.6 Å². The van der Waals surface area contributed by atoms with Crippen molar-refractivity contribution in [3.05, 3.63) is 0 Å². The van der Waals surface area contributed by atoms with Gasteiger partial charge in [-0.25, -0.2) is 4.57 Å². The molecule has 0 saturated heterocycles.